The number of hydrogen-bond acceptors (Lipinski definition) is 1. The third kappa shape index (κ3) is 3.15. The van der Waals surface area contributed by atoms with E-state index >= 15 is 0 Å². The highest BCUT2D eigenvalue weighted by molar-refractivity contribution is 6.27. The van der Waals surface area contributed by atoms with Gasteiger partial charge in [0.15, 0.2) is 0 Å². The van der Waals surface area contributed by atoms with Crippen LogP contribution in [0.1, 0.15) is 11.1 Å². The fourth-order valence-electron chi connectivity index (χ4n) is 4.53. The first-order valence-electron chi connectivity index (χ1n) is 10.5. The van der Waals surface area contributed by atoms with Crippen molar-refractivity contribution in [2.24, 2.45) is 4.99 Å². The molecule has 0 aliphatic heterocycles. The zero-order valence-electron chi connectivity index (χ0n) is 17.6. The molecule has 1 nitrogen and oxygen atoms in total. The van der Waals surface area contributed by atoms with E-state index in [4.69, 9.17) is 0 Å². The van der Waals surface area contributed by atoms with Crippen molar-refractivity contribution in [2.45, 2.75) is 6.92 Å². The van der Waals surface area contributed by atoms with Crippen LogP contribution in [0.4, 0.5) is 0 Å². The molecule has 1 heteroatoms. The molecule has 0 spiro atoms. The minimum absolute atomic E-state index is 0.843. The monoisotopic (exact) mass is 397 g/mol. The number of aryl methyl sites for hydroxylation is 1. The lowest BCUT2D eigenvalue weighted by Crippen LogP contribution is -2.00. The average molecular weight is 398 g/mol. The van der Waals surface area contributed by atoms with E-state index in [1.165, 1.54) is 49.0 Å². The Morgan fingerprint density at radius 3 is 1.97 bits per heavy atom. The van der Waals surface area contributed by atoms with Crippen molar-refractivity contribution >= 4 is 38.0 Å². The maximum Gasteiger partial charge on any atom is 0.0698 e. The van der Waals surface area contributed by atoms with E-state index in [-0.39, 0.29) is 0 Å². The molecule has 0 unspecified atom stereocenters. The van der Waals surface area contributed by atoms with E-state index in [9.17, 15) is 0 Å². The molecule has 0 N–H and O–H groups in total. The van der Waals surface area contributed by atoms with Crippen LogP contribution in [0.15, 0.2) is 115 Å². The molecule has 5 aromatic carbocycles. The Hall–Kier alpha value is -3.97. The smallest absolute Gasteiger partial charge is 0.0698 e. The topological polar surface area (TPSA) is 12.4 Å². The van der Waals surface area contributed by atoms with Gasteiger partial charge in [-0.3, -0.25) is 4.99 Å². The predicted molar refractivity (Wildman–Crippen MR) is 136 cm³/mol. The maximum atomic E-state index is 4.45. The molecular formula is C30H23N. The summed E-state index contributed by atoms with van der Waals surface area (Å²) in [4.78, 5) is 4.45. The fourth-order valence-corrected chi connectivity index (χ4v) is 4.53. The quantitative estimate of drug-likeness (QED) is 0.214. The molecule has 0 bridgehead atoms. The van der Waals surface area contributed by atoms with Crippen molar-refractivity contribution in [3.05, 3.63) is 121 Å². The zero-order chi connectivity index (χ0) is 21.4. The third-order valence-electron chi connectivity index (χ3n) is 5.99. The standard InChI is InChI=1S/C30H23N/c1-4-30(31-5-2)26-19-29-27(17-20(26)3)24-14-10-9-13-23(24)25-16-15-22(18-28(25)29)21-11-7-6-8-12-21/h4-19H,1-2H2,3H3/b31-30-. The first-order chi connectivity index (χ1) is 15.2. The highest BCUT2D eigenvalue weighted by Gasteiger charge is 2.13. The van der Waals surface area contributed by atoms with Gasteiger partial charge in [-0.25, -0.2) is 0 Å². The molecule has 5 aromatic rings. The summed E-state index contributed by atoms with van der Waals surface area (Å²) in [7, 11) is 0. The van der Waals surface area contributed by atoms with E-state index in [0.717, 1.165) is 11.3 Å². The van der Waals surface area contributed by atoms with Crippen LogP contribution in [0.5, 0.6) is 0 Å². The van der Waals surface area contributed by atoms with Gasteiger partial charge in [0, 0.05) is 11.8 Å². The molecule has 0 atom stereocenters. The number of fused-ring (bicyclic) bond motifs is 6. The minimum Gasteiger partial charge on any atom is -0.257 e. The van der Waals surface area contributed by atoms with Crippen LogP contribution in [0, 0.1) is 6.92 Å². The highest BCUT2D eigenvalue weighted by atomic mass is 14.7. The van der Waals surface area contributed by atoms with Crippen molar-refractivity contribution in [1.82, 2.24) is 0 Å². The van der Waals surface area contributed by atoms with Gasteiger partial charge >= 0.3 is 0 Å². The van der Waals surface area contributed by atoms with Crippen LogP contribution in [-0.4, -0.2) is 5.71 Å². The molecule has 0 fully saturated rings. The first kappa shape index (κ1) is 19.0. The lowest BCUT2D eigenvalue weighted by atomic mass is 9.89. The normalized spacial score (nSPS) is 11.8. The summed E-state index contributed by atoms with van der Waals surface area (Å²) >= 11 is 0. The van der Waals surface area contributed by atoms with Crippen molar-refractivity contribution in [3.8, 4) is 11.1 Å². The Morgan fingerprint density at radius 2 is 1.26 bits per heavy atom. The summed E-state index contributed by atoms with van der Waals surface area (Å²) in [6.45, 7) is 9.87. The Morgan fingerprint density at radius 1 is 0.645 bits per heavy atom. The average Bonchev–Trinajstić information content (AvgIpc) is 2.83. The summed E-state index contributed by atoms with van der Waals surface area (Å²) in [5.74, 6) is 0. The zero-order valence-corrected chi connectivity index (χ0v) is 17.6. The number of allylic oxidation sites excluding steroid dienone is 1. The fraction of sp³-hybridized carbons (Fsp3) is 0.0333. The van der Waals surface area contributed by atoms with Crippen LogP contribution in [0.25, 0.3) is 43.4 Å². The number of hydrogen-bond donors (Lipinski definition) is 0. The van der Waals surface area contributed by atoms with Gasteiger partial charge in [0.2, 0.25) is 0 Å². The van der Waals surface area contributed by atoms with Gasteiger partial charge in [-0.05, 0) is 74.1 Å². The van der Waals surface area contributed by atoms with E-state index in [0.29, 0.717) is 0 Å². The number of nitrogens with zero attached hydrogens (tertiary/aromatic N) is 1. The molecule has 148 valence electrons. The van der Waals surface area contributed by atoms with E-state index in [1.807, 2.05) is 0 Å². The van der Waals surface area contributed by atoms with Crippen LogP contribution >= 0.6 is 0 Å². The SMILES string of the molecule is C=C/N=C(/C=C)c1cc2c3cc(-c4ccccc4)ccc3c3ccccc3c2cc1C. The lowest BCUT2D eigenvalue weighted by Gasteiger charge is -2.15. The van der Waals surface area contributed by atoms with Gasteiger partial charge in [0.05, 0.1) is 5.71 Å². The molecule has 0 radical (unpaired) electrons. The molecular weight excluding hydrogens is 374 g/mol. The molecule has 0 aromatic heterocycles. The van der Waals surface area contributed by atoms with Gasteiger partial charge in [0.25, 0.3) is 0 Å². The van der Waals surface area contributed by atoms with Gasteiger partial charge in [0.1, 0.15) is 0 Å². The lowest BCUT2D eigenvalue weighted by molar-refractivity contribution is 1.45. The van der Waals surface area contributed by atoms with Crippen LogP contribution < -0.4 is 0 Å². The number of rotatable bonds is 4. The molecule has 0 heterocycles. The molecule has 0 amide bonds. The Bertz CT molecular complexity index is 1500. The largest absolute Gasteiger partial charge is 0.257 e. The molecule has 31 heavy (non-hydrogen) atoms. The van der Waals surface area contributed by atoms with Crippen molar-refractivity contribution in [3.63, 3.8) is 0 Å². The second-order valence-corrected chi connectivity index (χ2v) is 7.79. The molecule has 0 aliphatic carbocycles. The second kappa shape index (κ2) is 7.70. The highest BCUT2D eigenvalue weighted by Crippen LogP contribution is 2.38. The summed E-state index contributed by atoms with van der Waals surface area (Å²) in [5.41, 5.74) is 5.55. The number of benzene rings is 5. The summed E-state index contributed by atoms with van der Waals surface area (Å²) in [6, 6.07) is 30.5. The molecule has 0 saturated carbocycles. The van der Waals surface area contributed by atoms with E-state index in [2.05, 4.69) is 110 Å². The Labute approximate surface area is 182 Å². The van der Waals surface area contributed by atoms with Crippen molar-refractivity contribution in [1.29, 1.82) is 0 Å². The van der Waals surface area contributed by atoms with Crippen LogP contribution in [-0.2, 0) is 0 Å². The predicted octanol–water partition coefficient (Wildman–Crippen LogP) is 8.24. The maximum absolute atomic E-state index is 4.45. The minimum atomic E-state index is 0.843. The molecule has 0 aliphatic rings. The third-order valence-corrected chi connectivity index (χ3v) is 5.99. The van der Waals surface area contributed by atoms with Gasteiger partial charge in [-0.15, -0.1) is 0 Å². The Balaban J connectivity index is 1.95. The van der Waals surface area contributed by atoms with Gasteiger partial charge < -0.3 is 0 Å². The van der Waals surface area contributed by atoms with Gasteiger partial charge in [-0.2, -0.15) is 0 Å². The molecule has 0 saturated heterocycles. The Kier molecular flexibility index (Phi) is 4.72. The first-order valence-corrected chi connectivity index (χ1v) is 10.5. The summed E-state index contributed by atoms with van der Waals surface area (Å²) in [6.07, 6.45) is 3.38. The number of aliphatic imine (C=N–C) groups is 1. The second-order valence-electron chi connectivity index (χ2n) is 7.79. The van der Waals surface area contributed by atoms with Crippen LogP contribution in [0.2, 0.25) is 0 Å². The van der Waals surface area contributed by atoms with Gasteiger partial charge in [-0.1, -0.05) is 86.0 Å². The summed E-state index contributed by atoms with van der Waals surface area (Å²) in [5, 5.41) is 7.55. The van der Waals surface area contributed by atoms with Crippen molar-refractivity contribution in [2.75, 3.05) is 0 Å². The van der Waals surface area contributed by atoms with Crippen LogP contribution in [0.3, 0.4) is 0 Å². The summed E-state index contributed by atoms with van der Waals surface area (Å²) < 4.78 is 0. The molecule has 5 rings (SSSR count). The van der Waals surface area contributed by atoms with Crippen molar-refractivity contribution < 1.29 is 0 Å². The van der Waals surface area contributed by atoms with E-state index < -0.39 is 0 Å². The van der Waals surface area contributed by atoms with E-state index in [1.54, 1.807) is 12.3 Å².